The number of amides is 2. The molecule has 9 heteroatoms. The van der Waals surface area contributed by atoms with Crippen molar-refractivity contribution in [1.82, 2.24) is 20.1 Å². The summed E-state index contributed by atoms with van der Waals surface area (Å²) in [5.41, 5.74) is 1.95. The predicted octanol–water partition coefficient (Wildman–Crippen LogP) is 4.87. The molecule has 3 aliphatic rings. The van der Waals surface area contributed by atoms with Crippen LogP contribution in [0.5, 0.6) is 0 Å². The number of piperazine rings is 1. The number of hydrogen-bond donors (Lipinski definition) is 1. The van der Waals surface area contributed by atoms with Crippen LogP contribution < -0.4 is 10.2 Å². The van der Waals surface area contributed by atoms with Crippen LogP contribution in [-0.2, 0) is 0 Å². The van der Waals surface area contributed by atoms with Gasteiger partial charge in [0.2, 0.25) is 0 Å². The molecular weight excluding hydrogens is 509 g/mol. The molecule has 1 aliphatic carbocycles. The van der Waals surface area contributed by atoms with Crippen molar-refractivity contribution in [2.75, 3.05) is 31.1 Å². The van der Waals surface area contributed by atoms with E-state index in [0.29, 0.717) is 33.5 Å². The molecule has 2 aliphatic heterocycles. The van der Waals surface area contributed by atoms with Gasteiger partial charge in [-0.1, -0.05) is 30.1 Å². The van der Waals surface area contributed by atoms with Gasteiger partial charge in [-0.3, -0.25) is 14.5 Å². The Bertz CT molecular complexity index is 1130. The standard InChI is InChI=1S/C28H35Cl2N5O2/c1-3-22-17-34(25-11-10-24(32-26(25)30)27(36)31-21-8-9-21)18(2)16-35(22)23-12-14-33(15-13-23)28(37)19-4-6-20(29)7-5-19/h4-7,10-11,18,21-23H,3,8-9,12-17H2,1-2H3,(H,31,36)/t18?,22-/m0/s1. The number of carbonyl (C=O) groups is 2. The molecule has 1 unspecified atom stereocenters. The SMILES string of the molecule is CC[C@H]1CN(c2ccc(C(=O)NC3CC3)nc2Cl)C(C)CN1C1CCN(C(=O)c2ccc(Cl)cc2)CC1. The minimum Gasteiger partial charge on any atom is -0.363 e. The van der Waals surface area contributed by atoms with Gasteiger partial charge in [-0.2, -0.15) is 0 Å². The van der Waals surface area contributed by atoms with E-state index < -0.39 is 0 Å². The monoisotopic (exact) mass is 543 g/mol. The van der Waals surface area contributed by atoms with Crippen molar-refractivity contribution in [3.63, 3.8) is 0 Å². The number of anilines is 1. The Labute approximate surface area is 229 Å². The molecular formula is C28H35Cl2N5O2. The van der Waals surface area contributed by atoms with Crippen molar-refractivity contribution in [3.8, 4) is 0 Å². The van der Waals surface area contributed by atoms with Crippen LogP contribution in [0.25, 0.3) is 0 Å². The second kappa shape index (κ2) is 11.2. The van der Waals surface area contributed by atoms with Gasteiger partial charge in [0.05, 0.1) is 5.69 Å². The van der Waals surface area contributed by atoms with E-state index in [1.54, 1.807) is 30.3 Å². The fourth-order valence-electron chi connectivity index (χ4n) is 5.64. The largest absolute Gasteiger partial charge is 0.363 e. The number of nitrogens with zero attached hydrogens (tertiary/aromatic N) is 4. The molecule has 5 rings (SSSR count). The van der Waals surface area contributed by atoms with Crippen molar-refractivity contribution in [2.24, 2.45) is 0 Å². The minimum absolute atomic E-state index is 0.0803. The average Bonchev–Trinajstić information content (AvgIpc) is 3.73. The van der Waals surface area contributed by atoms with Gasteiger partial charge in [-0.15, -0.1) is 0 Å². The summed E-state index contributed by atoms with van der Waals surface area (Å²) in [5.74, 6) is -0.0714. The van der Waals surface area contributed by atoms with E-state index >= 15 is 0 Å². The molecule has 2 aromatic rings. The van der Waals surface area contributed by atoms with E-state index in [1.165, 1.54) is 0 Å². The first-order valence-electron chi connectivity index (χ1n) is 13.4. The van der Waals surface area contributed by atoms with Crippen LogP contribution in [0.3, 0.4) is 0 Å². The second-order valence-corrected chi connectivity index (χ2v) is 11.3. The summed E-state index contributed by atoms with van der Waals surface area (Å²) in [6.07, 6.45) is 5.04. The van der Waals surface area contributed by atoms with Crippen molar-refractivity contribution in [3.05, 3.63) is 57.8 Å². The fourth-order valence-corrected chi connectivity index (χ4v) is 6.03. The third-order valence-corrected chi connectivity index (χ3v) is 8.48. The Morgan fingerprint density at radius 3 is 2.32 bits per heavy atom. The maximum atomic E-state index is 12.9. The Kier molecular flexibility index (Phi) is 7.93. The van der Waals surface area contributed by atoms with Gasteiger partial charge in [-0.25, -0.2) is 4.98 Å². The quantitative estimate of drug-likeness (QED) is 0.526. The zero-order valence-electron chi connectivity index (χ0n) is 21.5. The van der Waals surface area contributed by atoms with Gasteiger partial charge < -0.3 is 15.1 Å². The second-order valence-electron chi connectivity index (χ2n) is 10.5. The van der Waals surface area contributed by atoms with E-state index in [-0.39, 0.29) is 23.9 Å². The van der Waals surface area contributed by atoms with Crippen molar-refractivity contribution >= 4 is 40.7 Å². The molecule has 3 heterocycles. The number of benzene rings is 1. The van der Waals surface area contributed by atoms with Crippen LogP contribution in [0.1, 0.15) is 66.8 Å². The molecule has 2 atom stereocenters. The number of hydrogen-bond acceptors (Lipinski definition) is 5. The van der Waals surface area contributed by atoms with Gasteiger partial charge >= 0.3 is 0 Å². The van der Waals surface area contributed by atoms with E-state index in [0.717, 1.165) is 64.0 Å². The highest BCUT2D eigenvalue weighted by atomic mass is 35.5. The molecule has 1 saturated carbocycles. The summed E-state index contributed by atoms with van der Waals surface area (Å²) in [7, 11) is 0. The number of carbonyl (C=O) groups excluding carboxylic acids is 2. The first-order chi connectivity index (χ1) is 17.8. The van der Waals surface area contributed by atoms with Gasteiger partial charge in [0.15, 0.2) is 5.15 Å². The Hall–Kier alpha value is -2.35. The molecule has 1 aromatic carbocycles. The molecule has 198 valence electrons. The van der Waals surface area contributed by atoms with E-state index in [2.05, 4.69) is 33.9 Å². The maximum Gasteiger partial charge on any atom is 0.270 e. The molecule has 3 fully saturated rings. The minimum atomic E-state index is -0.152. The smallest absolute Gasteiger partial charge is 0.270 e. The molecule has 0 spiro atoms. The molecule has 2 saturated heterocycles. The normalized spacial score (nSPS) is 23.2. The molecule has 0 radical (unpaired) electrons. The van der Waals surface area contributed by atoms with Crippen LogP contribution >= 0.6 is 23.2 Å². The zero-order valence-corrected chi connectivity index (χ0v) is 23.0. The lowest BCUT2D eigenvalue weighted by atomic mass is 9.95. The number of aromatic nitrogens is 1. The van der Waals surface area contributed by atoms with Crippen LogP contribution in [0.15, 0.2) is 36.4 Å². The topological polar surface area (TPSA) is 68.8 Å². The van der Waals surface area contributed by atoms with Crippen LogP contribution in [-0.4, -0.2) is 76.9 Å². The molecule has 1 N–H and O–H groups in total. The highest BCUT2D eigenvalue weighted by Crippen LogP contribution is 2.33. The maximum absolute atomic E-state index is 12.9. The van der Waals surface area contributed by atoms with E-state index in [1.807, 2.05) is 11.0 Å². The van der Waals surface area contributed by atoms with Gasteiger partial charge in [-0.05, 0) is 75.4 Å². The van der Waals surface area contributed by atoms with Crippen molar-refractivity contribution in [2.45, 2.75) is 70.1 Å². The lowest BCUT2D eigenvalue weighted by Gasteiger charge is -2.50. The van der Waals surface area contributed by atoms with Crippen LogP contribution in [0, 0.1) is 0 Å². The van der Waals surface area contributed by atoms with Crippen LogP contribution in [0.2, 0.25) is 10.2 Å². The van der Waals surface area contributed by atoms with Crippen molar-refractivity contribution in [1.29, 1.82) is 0 Å². The van der Waals surface area contributed by atoms with Gasteiger partial charge in [0, 0.05) is 60.9 Å². The highest BCUT2D eigenvalue weighted by molar-refractivity contribution is 6.32. The molecule has 7 nitrogen and oxygen atoms in total. The van der Waals surface area contributed by atoms with Gasteiger partial charge in [0.1, 0.15) is 5.69 Å². The lowest BCUT2D eigenvalue weighted by Crippen LogP contribution is -2.61. The van der Waals surface area contributed by atoms with Crippen LogP contribution in [0.4, 0.5) is 5.69 Å². The number of rotatable bonds is 6. The number of likely N-dealkylation sites (tertiary alicyclic amines) is 1. The predicted molar refractivity (Wildman–Crippen MR) is 148 cm³/mol. The summed E-state index contributed by atoms with van der Waals surface area (Å²) >= 11 is 12.6. The summed E-state index contributed by atoms with van der Waals surface area (Å²) < 4.78 is 0. The summed E-state index contributed by atoms with van der Waals surface area (Å²) in [6, 6.07) is 12.2. The third kappa shape index (κ3) is 5.89. The molecule has 2 amide bonds. The Morgan fingerprint density at radius 1 is 1.00 bits per heavy atom. The Balaban J connectivity index is 1.21. The molecule has 37 heavy (non-hydrogen) atoms. The zero-order chi connectivity index (χ0) is 26.1. The summed E-state index contributed by atoms with van der Waals surface area (Å²) in [5, 5.41) is 4.00. The van der Waals surface area contributed by atoms with Crippen molar-refractivity contribution < 1.29 is 9.59 Å². The molecule has 1 aromatic heterocycles. The Morgan fingerprint density at radius 2 is 1.70 bits per heavy atom. The third-order valence-electron chi connectivity index (χ3n) is 7.95. The van der Waals surface area contributed by atoms with E-state index in [4.69, 9.17) is 23.2 Å². The van der Waals surface area contributed by atoms with Gasteiger partial charge in [0.25, 0.3) is 11.8 Å². The number of halogens is 2. The first kappa shape index (κ1) is 26.3. The first-order valence-corrected chi connectivity index (χ1v) is 14.1. The fraction of sp³-hybridized carbons (Fsp3) is 0.536. The van der Waals surface area contributed by atoms with E-state index in [9.17, 15) is 9.59 Å². The highest BCUT2D eigenvalue weighted by Gasteiger charge is 2.37. The lowest BCUT2D eigenvalue weighted by molar-refractivity contribution is 0.0436. The summed E-state index contributed by atoms with van der Waals surface area (Å²) in [6.45, 7) is 7.76. The summed E-state index contributed by atoms with van der Waals surface area (Å²) in [4.78, 5) is 36.7. The number of pyridine rings is 1. The number of piperidine rings is 1. The average molecular weight is 545 g/mol. The molecule has 0 bridgehead atoms. The number of nitrogens with one attached hydrogen (secondary N) is 1.